The summed E-state index contributed by atoms with van der Waals surface area (Å²) < 4.78 is 1.05. The molecule has 2 aromatic heterocycles. The molecule has 0 bridgehead atoms. The van der Waals surface area contributed by atoms with Crippen molar-refractivity contribution in [3.05, 3.63) is 44.9 Å². The van der Waals surface area contributed by atoms with Gasteiger partial charge in [0.15, 0.2) is 0 Å². The molecular weight excluding hydrogens is 276 g/mol. The molecule has 0 radical (unpaired) electrons. The Hall–Kier alpha value is -2.48. The molecule has 98 valence electrons. The summed E-state index contributed by atoms with van der Waals surface area (Å²) in [7, 11) is 0. The molecule has 2 heterocycles. The molecule has 0 amide bonds. The lowest BCUT2D eigenvalue weighted by Crippen LogP contribution is -2.03. The molecule has 0 saturated heterocycles. The van der Waals surface area contributed by atoms with E-state index in [9.17, 15) is 14.9 Å². The smallest absolute Gasteiger partial charge is 0.339 e. The number of carbonyl (C=O) groups is 1. The van der Waals surface area contributed by atoms with E-state index in [4.69, 9.17) is 16.7 Å². The van der Waals surface area contributed by atoms with Gasteiger partial charge in [0, 0.05) is 18.5 Å². The van der Waals surface area contributed by atoms with Crippen LogP contribution in [0.3, 0.4) is 0 Å². The molecule has 0 aromatic carbocycles. The van der Waals surface area contributed by atoms with Crippen LogP contribution in [0.1, 0.15) is 16.1 Å². The van der Waals surface area contributed by atoms with Gasteiger partial charge < -0.3 is 5.11 Å². The molecule has 0 saturated carbocycles. The number of rotatable bonds is 3. The van der Waals surface area contributed by atoms with Crippen LogP contribution >= 0.6 is 11.6 Å². The number of hydrogen-bond donors (Lipinski definition) is 1. The predicted octanol–water partition coefficient (Wildman–Crippen LogP) is 1.84. The minimum atomic E-state index is -1.17. The molecule has 0 spiro atoms. The normalized spacial score (nSPS) is 10.4. The van der Waals surface area contributed by atoms with Gasteiger partial charge in [-0.05, 0) is 6.92 Å². The van der Waals surface area contributed by atoms with Gasteiger partial charge in [-0.25, -0.2) is 14.5 Å². The number of aromatic nitrogens is 3. The Morgan fingerprint density at radius 2 is 2.26 bits per heavy atom. The number of aryl methyl sites for hydroxylation is 1. The van der Waals surface area contributed by atoms with Crippen molar-refractivity contribution in [2.75, 3.05) is 0 Å². The van der Waals surface area contributed by atoms with Gasteiger partial charge in [-0.2, -0.15) is 5.10 Å². The summed E-state index contributed by atoms with van der Waals surface area (Å²) in [6.45, 7) is 1.49. The fourth-order valence-corrected chi connectivity index (χ4v) is 1.66. The SMILES string of the molecule is Cc1nn(-c2ncc(Cl)cc2[N+](=O)[O-])cc1C(=O)O. The molecule has 8 nitrogen and oxygen atoms in total. The first-order valence-corrected chi connectivity index (χ1v) is 5.38. The third kappa shape index (κ3) is 2.38. The summed E-state index contributed by atoms with van der Waals surface area (Å²) in [5, 5.41) is 23.9. The Morgan fingerprint density at radius 3 is 2.79 bits per heavy atom. The number of nitro groups is 1. The third-order valence-electron chi connectivity index (χ3n) is 2.36. The number of carboxylic acid groups (broad SMARTS) is 1. The Bertz CT molecular complexity index is 682. The Kier molecular flexibility index (Phi) is 3.17. The molecular formula is C10H7ClN4O4. The molecule has 2 rings (SSSR count). The van der Waals surface area contributed by atoms with E-state index in [1.54, 1.807) is 0 Å². The Morgan fingerprint density at radius 1 is 1.58 bits per heavy atom. The van der Waals surface area contributed by atoms with Crippen molar-refractivity contribution >= 4 is 23.3 Å². The monoisotopic (exact) mass is 282 g/mol. The highest BCUT2D eigenvalue weighted by atomic mass is 35.5. The quantitative estimate of drug-likeness (QED) is 0.679. The number of nitrogens with zero attached hydrogens (tertiary/aromatic N) is 4. The van der Waals surface area contributed by atoms with Crippen LogP contribution in [-0.4, -0.2) is 30.8 Å². The summed E-state index contributed by atoms with van der Waals surface area (Å²) in [5.74, 6) is -1.26. The summed E-state index contributed by atoms with van der Waals surface area (Å²) >= 11 is 5.64. The van der Waals surface area contributed by atoms with Gasteiger partial charge in [0.05, 0.1) is 15.6 Å². The first-order valence-electron chi connectivity index (χ1n) is 5.00. The van der Waals surface area contributed by atoms with Crippen LogP contribution in [0.25, 0.3) is 5.82 Å². The molecule has 1 N–H and O–H groups in total. The van der Waals surface area contributed by atoms with E-state index >= 15 is 0 Å². The Labute approximate surface area is 111 Å². The third-order valence-corrected chi connectivity index (χ3v) is 2.56. The minimum Gasteiger partial charge on any atom is -0.478 e. The second kappa shape index (κ2) is 4.65. The standard InChI is InChI=1S/C10H7ClN4O4/c1-5-7(10(16)17)4-14(13-5)9-8(15(18)19)2-6(11)3-12-9/h2-4H,1H3,(H,16,17). The van der Waals surface area contributed by atoms with Crippen molar-refractivity contribution in [1.82, 2.24) is 14.8 Å². The van der Waals surface area contributed by atoms with Crippen LogP contribution in [0, 0.1) is 17.0 Å². The molecule has 0 aliphatic carbocycles. The van der Waals surface area contributed by atoms with Crippen molar-refractivity contribution in [2.24, 2.45) is 0 Å². The molecule has 0 atom stereocenters. The molecule has 19 heavy (non-hydrogen) atoms. The zero-order valence-corrected chi connectivity index (χ0v) is 10.3. The fraction of sp³-hybridized carbons (Fsp3) is 0.100. The van der Waals surface area contributed by atoms with Crippen molar-refractivity contribution in [2.45, 2.75) is 6.92 Å². The van der Waals surface area contributed by atoms with Gasteiger partial charge in [-0.3, -0.25) is 10.1 Å². The van der Waals surface area contributed by atoms with E-state index in [0.29, 0.717) is 0 Å². The number of aromatic carboxylic acids is 1. The van der Waals surface area contributed by atoms with Crippen LogP contribution < -0.4 is 0 Å². The second-order valence-corrected chi connectivity index (χ2v) is 4.07. The van der Waals surface area contributed by atoms with Crippen molar-refractivity contribution in [3.63, 3.8) is 0 Å². The highest BCUT2D eigenvalue weighted by Crippen LogP contribution is 2.24. The average molecular weight is 283 g/mol. The maximum absolute atomic E-state index is 10.9. The highest BCUT2D eigenvalue weighted by Gasteiger charge is 2.21. The molecule has 0 aliphatic heterocycles. The van der Waals surface area contributed by atoms with E-state index in [1.165, 1.54) is 19.3 Å². The van der Waals surface area contributed by atoms with E-state index < -0.39 is 10.9 Å². The zero-order valence-electron chi connectivity index (χ0n) is 9.57. The lowest BCUT2D eigenvalue weighted by Gasteiger charge is -2.01. The van der Waals surface area contributed by atoms with Crippen LogP contribution in [0.15, 0.2) is 18.5 Å². The van der Waals surface area contributed by atoms with Crippen molar-refractivity contribution < 1.29 is 14.8 Å². The van der Waals surface area contributed by atoms with Gasteiger partial charge >= 0.3 is 11.7 Å². The lowest BCUT2D eigenvalue weighted by molar-refractivity contribution is -0.384. The molecule has 9 heteroatoms. The molecule has 0 fully saturated rings. The predicted molar refractivity (Wildman–Crippen MR) is 64.7 cm³/mol. The summed E-state index contributed by atoms with van der Waals surface area (Å²) in [6, 6.07) is 1.13. The average Bonchev–Trinajstić information content (AvgIpc) is 2.71. The lowest BCUT2D eigenvalue weighted by atomic mass is 10.3. The maximum Gasteiger partial charge on any atom is 0.339 e. The summed E-state index contributed by atoms with van der Waals surface area (Å²) in [5.41, 5.74) is -0.170. The number of hydrogen-bond acceptors (Lipinski definition) is 5. The second-order valence-electron chi connectivity index (χ2n) is 3.63. The summed E-state index contributed by atoms with van der Waals surface area (Å²) in [4.78, 5) is 25.0. The summed E-state index contributed by atoms with van der Waals surface area (Å²) in [6.07, 6.45) is 2.39. The number of pyridine rings is 1. The molecule has 0 aliphatic rings. The van der Waals surface area contributed by atoms with Crippen LogP contribution in [0.2, 0.25) is 5.02 Å². The first-order chi connectivity index (χ1) is 8.90. The Balaban J connectivity index is 2.62. The van der Waals surface area contributed by atoms with Crippen molar-refractivity contribution in [3.8, 4) is 5.82 Å². The number of carboxylic acids is 1. The van der Waals surface area contributed by atoms with Gasteiger partial charge in [0.2, 0.25) is 5.82 Å². The largest absolute Gasteiger partial charge is 0.478 e. The van der Waals surface area contributed by atoms with E-state index in [-0.39, 0.29) is 27.8 Å². The topological polar surface area (TPSA) is 111 Å². The van der Waals surface area contributed by atoms with E-state index in [0.717, 1.165) is 10.7 Å². The maximum atomic E-state index is 10.9. The van der Waals surface area contributed by atoms with Gasteiger partial charge in [-0.15, -0.1) is 0 Å². The van der Waals surface area contributed by atoms with Gasteiger partial charge in [0.1, 0.15) is 5.56 Å². The number of halogens is 1. The van der Waals surface area contributed by atoms with Gasteiger partial charge in [0.25, 0.3) is 0 Å². The van der Waals surface area contributed by atoms with E-state index in [2.05, 4.69) is 10.1 Å². The van der Waals surface area contributed by atoms with Gasteiger partial charge in [-0.1, -0.05) is 11.6 Å². The zero-order chi connectivity index (χ0) is 14.2. The highest BCUT2D eigenvalue weighted by molar-refractivity contribution is 6.30. The van der Waals surface area contributed by atoms with E-state index in [1.807, 2.05) is 0 Å². The molecule has 2 aromatic rings. The van der Waals surface area contributed by atoms with Crippen LogP contribution in [-0.2, 0) is 0 Å². The van der Waals surface area contributed by atoms with Crippen LogP contribution in [0.4, 0.5) is 5.69 Å². The van der Waals surface area contributed by atoms with Crippen LogP contribution in [0.5, 0.6) is 0 Å². The fourth-order valence-electron chi connectivity index (χ4n) is 1.51. The van der Waals surface area contributed by atoms with Crippen molar-refractivity contribution in [1.29, 1.82) is 0 Å². The minimum absolute atomic E-state index is 0.0500. The first kappa shape index (κ1) is 13.0. The molecule has 0 unspecified atom stereocenters.